The molecule has 1 aliphatic rings. The number of nitrogens with one attached hydrogen (secondary N) is 1. The molecule has 6 heteroatoms. The first-order valence-electron chi connectivity index (χ1n) is 8.05. The molecule has 2 aromatic rings. The van der Waals surface area contributed by atoms with Crippen LogP contribution in [-0.4, -0.2) is 29.3 Å². The van der Waals surface area contributed by atoms with Crippen molar-refractivity contribution in [1.29, 1.82) is 0 Å². The summed E-state index contributed by atoms with van der Waals surface area (Å²) in [5, 5.41) is 4.17. The number of benzene rings is 1. The maximum absolute atomic E-state index is 12.7. The van der Waals surface area contributed by atoms with Crippen LogP contribution in [0.25, 0.3) is 10.4 Å². The second-order valence-corrected chi connectivity index (χ2v) is 7.15. The van der Waals surface area contributed by atoms with Gasteiger partial charge in [-0.1, -0.05) is 18.6 Å². The third-order valence-electron chi connectivity index (χ3n) is 4.08. The van der Waals surface area contributed by atoms with E-state index in [4.69, 9.17) is 5.73 Å². The first-order chi connectivity index (χ1) is 11.5. The smallest absolute Gasteiger partial charge is 0.248 e. The van der Waals surface area contributed by atoms with Gasteiger partial charge >= 0.3 is 0 Å². The maximum atomic E-state index is 12.7. The van der Waals surface area contributed by atoms with Crippen LogP contribution < -0.4 is 11.1 Å². The lowest BCUT2D eigenvalue weighted by molar-refractivity contribution is 0.0996. The van der Waals surface area contributed by atoms with Gasteiger partial charge in [0.1, 0.15) is 5.69 Å². The Labute approximate surface area is 145 Å². The number of aryl methyl sites for hydroxylation is 1. The number of primary amides is 1. The van der Waals surface area contributed by atoms with Crippen molar-refractivity contribution < 1.29 is 9.59 Å². The highest BCUT2D eigenvalue weighted by Crippen LogP contribution is 2.32. The zero-order valence-electron chi connectivity index (χ0n) is 13.5. The van der Waals surface area contributed by atoms with E-state index in [9.17, 15) is 9.59 Å². The predicted molar refractivity (Wildman–Crippen MR) is 95.1 cm³/mol. The SMILES string of the molecule is Cc1nc(C(=O)[CH][C@H]2CCCCN2)c(-c2cccc(C(N)=O)c2)s1. The Morgan fingerprint density at radius 1 is 1.38 bits per heavy atom. The Hall–Kier alpha value is -2.05. The highest BCUT2D eigenvalue weighted by Gasteiger charge is 2.23. The minimum atomic E-state index is -0.482. The summed E-state index contributed by atoms with van der Waals surface area (Å²) in [7, 11) is 0. The molecular weight excluding hydrogens is 322 g/mol. The number of ketones is 1. The van der Waals surface area contributed by atoms with Crippen molar-refractivity contribution in [2.75, 3.05) is 6.54 Å². The monoisotopic (exact) mass is 342 g/mol. The van der Waals surface area contributed by atoms with Gasteiger partial charge in [0.05, 0.1) is 16.3 Å². The molecule has 0 bridgehead atoms. The fraction of sp³-hybridized carbons (Fsp3) is 0.333. The van der Waals surface area contributed by atoms with E-state index in [1.165, 1.54) is 11.3 Å². The molecule has 3 N–H and O–H groups in total. The number of hydrogen-bond donors (Lipinski definition) is 2. The van der Waals surface area contributed by atoms with Crippen LogP contribution in [0.1, 0.15) is 45.1 Å². The number of Topliss-reactive ketones (excluding diaryl/α,β-unsaturated/α-hetero) is 1. The molecule has 1 saturated heterocycles. The average Bonchev–Trinajstić information content (AvgIpc) is 2.98. The van der Waals surface area contributed by atoms with Crippen molar-refractivity contribution in [3.05, 3.63) is 47.0 Å². The Bertz CT molecular complexity index is 763. The topological polar surface area (TPSA) is 85.1 Å². The molecule has 0 aliphatic carbocycles. The van der Waals surface area contributed by atoms with Crippen molar-refractivity contribution in [3.63, 3.8) is 0 Å². The van der Waals surface area contributed by atoms with E-state index < -0.39 is 5.91 Å². The van der Waals surface area contributed by atoms with Gasteiger partial charge in [0.15, 0.2) is 5.78 Å². The number of carbonyl (C=O) groups is 2. The maximum Gasteiger partial charge on any atom is 0.248 e. The molecule has 1 aromatic heterocycles. The number of nitrogens with zero attached hydrogens (tertiary/aromatic N) is 1. The molecule has 0 spiro atoms. The summed E-state index contributed by atoms with van der Waals surface area (Å²) in [6.45, 7) is 2.82. The quantitative estimate of drug-likeness (QED) is 0.818. The summed E-state index contributed by atoms with van der Waals surface area (Å²) in [5.74, 6) is -0.554. The Balaban J connectivity index is 1.88. The number of rotatable bonds is 5. The summed E-state index contributed by atoms with van der Waals surface area (Å²) >= 11 is 1.45. The largest absolute Gasteiger partial charge is 0.366 e. The Morgan fingerprint density at radius 2 is 2.21 bits per heavy atom. The summed E-state index contributed by atoms with van der Waals surface area (Å²) in [5.41, 5.74) is 7.03. The fourth-order valence-electron chi connectivity index (χ4n) is 2.89. The lowest BCUT2D eigenvalue weighted by Gasteiger charge is -2.22. The molecule has 1 fully saturated rings. The molecule has 0 saturated carbocycles. The van der Waals surface area contributed by atoms with Gasteiger partial charge in [0, 0.05) is 11.6 Å². The van der Waals surface area contributed by atoms with Crippen molar-refractivity contribution in [3.8, 4) is 10.4 Å². The second-order valence-electron chi connectivity index (χ2n) is 5.94. The highest BCUT2D eigenvalue weighted by atomic mass is 32.1. The number of amides is 1. The van der Waals surface area contributed by atoms with Gasteiger partial charge in [-0.2, -0.15) is 0 Å². The van der Waals surface area contributed by atoms with Crippen LogP contribution in [-0.2, 0) is 0 Å². The van der Waals surface area contributed by atoms with E-state index in [2.05, 4.69) is 10.3 Å². The molecule has 1 aromatic carbocycles. The number of nitrogens with two attached hydrogens (primary N) is 1. The number of thiazole rings is 1. The number of piperidine rings is 1. The normalized spacial score (nSPS) is 17.6. The van der Waals surface area contributed by atoms with Crippen LogP contribution in [0.5, 0.6) is 0 Å². The molecule has 1 aliphatic heterocycles. The van der Waals surface area contributed by atoms with Crippen molar-refractivity contribution in [2.24, 2.45) is 5.73 Å². The molecular formula is C18H20N3O2S. The van der Waals surface area contributed by atoms with Crippen LogP contribution in [0.3, 0.4) is 0 Å². The number of aromatic nitrogens is 1. The molecule has 5 nitrogen and oxygen atoms in total. The van der Waals surface area contributed by atoms with Crippen LogP contribution in [0.15, 0.2) is 24.3 Å². The first kappa shape index (κ1) is 16.8. The standard InChI is InChI=1S/C18H20N3O2S/c1-11-21-16(15(22)10-14-7-2-3-8-20-14)17(24-11)12-5-4-6-13(9-12)18(19)23/h4-6,9-10,14,20H,2-3,7-8H2,1H3,(H2,19,23)/t14-/m1/s1. The summed E-state index contributed by atoms with van der Waals surface area (Å²) < 4.78 is 0. The van der Waals surface area contributed by atoms with Gasteiger partial charge in [0.25, 0.3) is 0 Å². The van der Waals surface area contributed by atoms with E-state index in [1.54, 1.807) is 24.6 Å². The van der Waals surface area contributed by atoms with Crippen molar-refractivity contribution in [1.82, 2.24) is 10.3 Å². The lowest BCUT2D eigenvalue weighted by Crippen LogP contribution is -2.36. The third-order valence-corrected chi connectivity index (χ3v) is 5.10. The minimum Gasteiger partial charge on any atom is -0.366 e. The van der Waals surface area contributed by atoms with Crippen LogP contribution in [0.4, 0.5) is 0 Å². The van der Waals surface area contributed by atoms with Gasteiger partial charge in [-0.05, 0) is 44.0 Å². The lowest BCUT2D eigenvalue weighted by atomic mass is 9.97. The number of carbonyl (C=O) groups excluding carboxylic acids is 2. The summed E-state index contributed by atoms with van der Waals surface area (Å²) in [6.07, 6.45) is 4.99. The van der Waals surface area contributed by atoms with Gasteiger partial charge in [0.2, 0.25) is 5.91 Å². The van der Waals surface area contributed by atoms with Crippen molar-refractivity contribution in [2.45, 2.75) is 32.2 Å². The van der Waals surface area contributed by atoms with Crippen LogP contribution in [0, 0.1) is 13.3 Å². The molecule has 0 unspecified atom stereocenters. The number of hydrogen-bond acceptors (Lipinski definition) is 5. The highest BCUT2D eigenvalue weighted by molar-refractivity contribution is 7.15. The van der Waals surface area contributed by atoms with Gasteiger partial charge < -0.3 is 11.1 Å². The van der Waals surface area contributed by atoms with Gasteiger partial charge in [-0.15, -0.1) is 11.3 Å². The molecule has 1 radical (unpaired) electrons. The van der Waals surface area contributed by atoms with E-state index in [0.29, 0.717) is 11.3 Å². The molecule has 3 rings (SSSR count). The van der Waals surface area contributed by atoms with Crippen LogP contribution in [0.2, 0.25) is 0 Å². The zero-order valence-corrected chi connectivity index (χ0v) is 14.4. The zero-order chi connectivity index (χ0) is 17.1. The van der Waals surface area contributed by atoms with E-state index in [0.717, 1.165) is 41.3 Å². The fourth-order valence-corrected chi connectivity index (χ4v) is 3.81. The Morgan fingerprint density at radius 3 is 2.92 bits per heavy atom. The molecule has 125 valence electrons. The second kappa shape index (κ2) is 7.23. The van der Waals surface area contributed by atoms with Gasteiger partial charge in [-0.25, -0.2) is 4.98 Å². The summed E-state index contributed by atoms with van der Waals surface area (Å²) in [6, 6.07) is 7.13. The minimum absolute atomic E-state index is 0.0711. The van der Waals surface area contributed by atoms with E-state index in [-0.39, 0.29) is 11.8 Å². The average molecular weight is 342 g/mol. The third kappa shape index (κ3) is 3.71. The molecule has 24 heavy (non-hydrogen) atoms. The van der Waals surface area contributed by atoms with Crippen LogP contribution >= 0.6 is 11.3 Å². The summed E-state index contributed by atoms with van der Waals surface area (Å²) in [4.78, 5) is 29.3. The van der Waals surface area contributed by atoms with Gasteiger partial charge in [-0.3, -0.25) is 9.59 Å². The first-order valence-corrected chi connectivity index (χ1v) is 8.86. The van der Waals surface area contributed by atoms with E-state index >= 15 is 0 Å². The van der Waals surface area contributed by atoms with E-state index in [1.807, 2.05) is 13.0 Å². The Kier molecular flexibility index (Phi) is 5.06. The molecule has 1 amide bonds. The predicted octanol–water partition coefficient (Wildman–Crippen LogP) is 2.75. The molecule has 2 heterocycles. The van der Waals surface area contributed by atoms with Crippen molar-refractivity contribution >= 4 is 23.0 Å². The molecule has 1 atom stereocenters.